The summed E-state index contributed by atoms with van der Waals surface area (Å²) in [6.45, 7) is 9.76. The summed E-state index contributed by atoms with van der Waals surface area (Å²) < 4.78 is 74.6. The average Bonchev–Trinajstić information content (AvgIpc) is 3.93. The van der Waals surface area contributed by atoms with Crippen LogP contribution in [0, 0.1) is 17.2 Å². The first kappa shape index (κ1) is 54.0. The monoisotopic (exact) mass is 936 g/mol. The molecule has 1 aliphatic heterocycles. The van der Waals surface area contributed by atoms with E-state index in [2.05, 4.69) is 30.9 Å². The van der Waals surface area contributed by atoms with Crippen molar-refractivity contribution >= 4 is 59.8 Å². The van der Waals surface area contributed by atoms with Gasteiger partial charge in [-0.2, -0.15) is 32.2 Å². The van der Waals surface area contributed by atoms with Crippen molar-refractivity contribution in [2.24, 2.45) is 32.7 Å². The van der Waals surface area contributed by atoms with Gasteiger partial charge in [0.05, 0.1) is 17.8 Å². The van der Waals surface area contributed by atoms with Crippen molar-refractivity contribution in [3.63, 3.8) is 0 Å². The highest BCUT2D eigenvalue weighted by molar-refractivity contribution is 6.36. The summed E-state index contributed by atoms with van der Waals surface area (Å²) in [6.07, 6.45) is 4.92. The van der Waals surface area contributed by atoms with Crippen molar-refractivity contribution in [3.8, 4) is 0 Å². The minimum atomic E-state index is -4.85. The van der Waals surface area contributed by atoms with Crippen molar-refractivity contribution in [2.45, 2.75) is 136 Å². The zero-order valence-corrected chi connectivity index (χ0v) is 38.7. The van der Waals surface area contributed by atoms with Gasteiger partial charge in [0.25, 0.3) is 0 Å². The number of nitrogens with zero attached hydrogens (tertiary/aromatic N) is 6. The maximum atomic E-state index is 14.2. The quantitative estimate of drug-likeness (QED) is 0.0299. The number of nitrogens with two attached hydrogens (primary N) is 1. The van der Waals surface area contributed by atoms with E-state index in [1.54, 1.807) is 6.07 Å². The lowest BCUT2D eigenvalue weighted by Crippen LogP contribution is -2.55. The van der Waals surface area contributed by atoms with Gasteiger partial charge in [-0.3, -0.25) is 24.5 Å². The Balaban J connectivity index is 0.00000553. The van der Waals surface area contributed by atoms with Crippen LogP contribution in [0.3, 0.4) is 0 Å². The number of hydrogen-bond acceptors (Lipinski definition) is 10. The fourth-order valence-electron chi connectivity index (χ4n) is 7.06. The van der Waals surface area contributed by atoms with Gasteiger partial charge >= 0.3 is 12.7 Å². The molecule has 5 atom stereocenters. The fourth-order valence-corrected chi connectivity index (χ4v) is 7.38. The smallest absolute Gasteiger partial charge is 0.404 e. The molecule has 4 rings (SSSR count). The van der Waals surface area contributed by atoms with Crippen LogP contribution < -0.4 is 16.5 Å². The number of benzene rings is 1. The van der Waals surface area contributed by atoms with Crippen LogP contribution in [0.15, 0.2) is 57.2 Å². The van der Waals surface area contributed by atoms with Gasteiger partial charge in [0.15, 0.2) is 5.69 Å². The average molecular weight is 937 g/mol. The molecule has 0 radical (unpaired) electrons. The Morgan fingerprint density at radius 2 is 1.89 bits per heavy atom. The standard InChI is InChI=1S/C43H56ClF5N10O4.C2H6/c1-6-26(3)39(61)52-23-28(7-2)29-11-12-31(33(44)18-29)32-17-30(32)13-14-58(25-60)36(16-27(20-50)22-53-41(45)46)40(62)54-42(4,5)24-59-35(19-37(57-59)43(47,48)49)34(21-51)55-56-38-10-8-9-15-63-38;1-2/h7,11-12,18-23,25-26,30,32,36,38,41,51,56H,6,8-10,13-17,24,50H2,1-5H3,(H,54,62);1-2H3/b27-20-,28-7+,51-21?,52-23?,53-22+,55-34+;/t26?,30-,32?,36?,38?;/m1./s1. The predicted molar refractivity (Wildman–Crippen MR) is 244 cm³/mol. The molecule has 1 aromatic heterocycles. The molecule has 0 spiro atoms. The number of carbonyl (C=O) groups excluding carboxylic acids is 3. The molecule has 1 aromatic carbocycles. The lowest BCUT2D eigenvalue weighted by atomic mass is 10.00. The molecule has 4 unspecified atom stereocenters. The summed E-state index contributed by atoms with van der Waals surface area (Å²) in [7, 11) is 0. The van der Waals surface area contributed by atoms with E-state index in [9.17, 15) is 36.3 Å². The lowest BCUT2D eigenvalue weighted by molar-refractivity contribution is -0.141. The molecule has 2 heterocycles. The van der Waals surface area contributed by atoms with Crippen LogP contribution in [-0.2, 0) is 31.8 Å². The topological polar surface area (TPSA) is 193 Å². The van der Waals surface area contributed by atoms with E-state index in [0.717, 1.165) is 65.3 Å². The van der Waals surface area contributed by atoms with Gasteiger partial charge in [-0.1, -0.05) is 57.5 Å². The first-order chi connectivity index (χ1) is 30.8. The molecule has 1 saturated heterocycles. The molecule has 2 aliphatic rings. The van der Waals surface area contributed by atoms with Crippen LogP contribution in [0.1, 0.15) is 122 Å². The van der Waals surface area contributed by atoms with Crippen LogP contribution >= 0.6 is 11.6 Å². The molecule has 1 saturated carbocycles. The lowest BCUT2D eigenvalue weighted by Gasteiger charge is -2.33. The summed E-state index contributed by atoms with van der Waals surface area (Å²) in [5.41, 5.74) is 7.99. The molecule has 14 nitrogen and oxygen atoms in total. The first-order valence-electron chi connectivity index (χ1n) is 21.7. The Kier molecular flexibility index (Phi) is 21.1. The molecule has 65 heavy (non-hydrogen) atoms. The largest absolute Gasteiger partial charge is 0.435 e. The normalized spacial score (nSPS) is 19.4. The second-order valence-electron chi connectivity index (χ2n) is 16.2. The van der Waals surface area contributed by atoms with Crippen LogP contribution in [0.25, 0.3) is 5.57 Å². The van der Waals surface area contributed by atoms with E-state index in [1.807, 2.05) is 52.8 Å². The van der Waals surface area contributed by atoms with Crippen LogP contribution in [0.4, 0.5) is 22.0 Å². The molecule has 5 N–H and O–H groups in total. The number of allylic oxidation sites excluding steroid dienone is 2. The zero-order chi connectivity index (χ0) is 48.5. The van der Waals surface area contributed by atoms with Crippen LogP contribution in [-0.4, -0.2) is 94.8 Å². The third-order valence-electron chi connectivity index (χ3n) is 10.9. The van der Waals surface area contributed by atoms with Gasteiger partial charge in [0.2, 0.25) is 18.2 Å². The van der Waals surface area contributed by atoms with Gasteiger partial charge < -0.3 is 26.1 Å². The van der Waals surface area contributed by atoms with Gasteiger partial charge in [-0.05, 0) is 112 Å². The van der Waals surface area contributed by atoms with E-state index >= 15 is 0 Å². The highest BCUT2D eigenvalue weighted by Gasteiger charge is 2.41. The number of halogens is 6. The van der Waals surface area contributed by atoms with E-state index in [-0.39, 0.29) is 60.1 Å². The Hall–Kier alpha value is -5.30. The molecule has 2 fully saturated rings. The highest BCUT2D eigenvalue weighted by atomic mass is 35.5. The number of rotatable bonds is 22. The van der Waals surface area contributed by atoms with E-state index in [0.29, 0.717) is 37.3 Å². The molecular formula is C45H62ClF5N10O4. The third-order valence-corrected chi connectivity index (χ3v) is 11.2. The molecular weight excluding hydrogens is 875 g/mol. The highest BCUT2D eigenvalue weighted by Crippen LogP contribution is 2.51. The van der Waals surface area contributed by atoms with Crippen molar-refractivity contribution in [1.29, 1.82) is 5.41 Å². The van der Waals surface area contributed by atoms with E-state index in [4.69, 9.17) is 27.5 Å². The number of hydrazone groups is 1. The number of aromatic nitrogens is 2. The Bertz CT molecular complexity index is 2080. The number of carbonyl (C=O) groups is 3. The van der Waals surface area contributed by atoms with Crippen LogP contribution in [0.2, 0.25) is 5.02 Å². The maximum Gasteiger partial charge on any atom is 0.435 e. The number of nitrogens with one attached hydrogen (secondary N) is 3. The maximum absolute atomic E-state index is 14.2. The van der Waals surface area contributed by atoms with Crippen LogP contribution in [0.5, 0.6) is 0 Å². The molecule has 358 valence electrons. The number of hydrogen-bond donors (Lipinski definition) is 4. The summed E-state index contributed by atoms with van der Waals surface area (Å²) in [5.74, 6) is -1.04. The number of alkyl halides is 5. The molecule has 3 amide bonds. The minimum Gasteiger partial charge on any atom is -0.404 e. The Morgan fingerprint density at radius 3 is 2.46 bits per heavy atom. The van der Waals surface area contributed by atoms with Crippen molar-refractivity contribution < 1.29 is 41.1 Å². The zero-order valence-electron chi connectivity index (χ0n) is 38.0. The van der Waals surface area contributed by atoms with Crippen molar-refractivity contribution in [1.82, 2.24) is 25.4 Å². The second-order valence-corrected chi connectivity index (χ2v) is 16.6. The molecule has 2 aromatic rings. The predicted octanol–water partition coefficient (Wildman–Crippen LogP) is 8.54. The van der Waals surface area contributed by atoms with E-state index in [1.165, 1.54) is 25.0 Å². The minimum absolute atomic E-state index is 0.0246. The van der Waals surface area contributed by atoms with Gasteiger partial charge in [0.1, 0.15) is 18.0 Å². The third kappa shape index (κ3) is 16.3. The van der Waals surface area contributed by atoms with Gasteiger partial charge in [-0.25, -0.2) is 9.98 Å². The molecule has 1 aliphatic carbocycles. The summed E-state index contributed by atoms with van der Waals surface area (Å²) in [6, 6.07) is 5.05. The molecule has 0 bridgehead atoms. The molecule has 20 heteroatoms. The number of amides is 3. The summed E-state index contributed by atoms with van der Waals surface area (Å²) in [5, 5.41) is 19.2. The number of ether oxygens (including phenoxy) is 1. The van der Waals surface area contributed by atoms with E-state index < -0.39 is 42.1 Å². The summed E-state index contributed by atoms with van der Waals surface area (Å²) in [4.78, 5) is 47.6. The Labute approximate surface area is 382 Å². The van der Waals surface area contributed by atoms with Crippen molar-refractivity contribution in [3.05, 3.63) is 69.7 Å². The van der Waals surface area contributed by atoms with Gasteiger partial charge in [0, 0.05) is 49.2 Å². The summed E-state index contributed by atoms with van der Waals surface area (Å²) >= 11 is 6.77. The van der Waals surface area contributed by atoms with Gasteiger partial charge in [-0.15, -0.1) is 0 Å². The number of aliphatic imine (C=N–C) groups is 2. The SMILES string of the molecule is C/C=C(\C=NC(=O)C(C)CC)c1ccc(C2C[C@H]2CCN(C=O)C(CC(=C/N)/C=N/C(F)F)C(=O)NC(C)(C)Cn2nc(C(F)(F)F)cc2/C(C=N)=N/NC2CCCCO2)c(Cl)c1.CC. The fraction of sp³-hybridized carbons (Fsp3) is 0.556. The second kappa shape index (κ2) is 25.4. The first-order valence-corrected chi connectivity index (χ1v) is 22.1. The Morgan fingerprint density at radius 1 is 1.17 bits per heavy atom. The van der Waals surface area contributed by atoms with Crippen molar-refractivity contribution in [2.75, 3.05) is 13.2 Å².